The Morgan fingerprint density at radius 3 is 2.58 bits per heavy atom. The molecule has 0 spiro atoms. The number of halogens is 3. The van der Waals surface area contributed by atoms with Crippen LogP contribution in [-0.2, 0) is 9.84 Å². The van der Waals surface area contributed by atoms with Gasteiger partial charge >= 0.3 is 0 Å². The highest BCUT2D eigenvalue weighted by Gasteiger charge is 2.31. The van der Waals surface area contributed by atoms with Crippen LogP contribution in [0.4, 0.5) is 8.78 Å². The SMILES string of the molecule is Cc1nn([C@@H]2CCS(=O)(=O)C2)c(Cl)c1/C=C/C(=O)c1c(F)cccc1F. The summed E-state index contributed by atoms with van der Waals surface area (Å²) in [7, 11) is -3.11. The van der Waals surface area contributed by atoms with Crippen molar-refractivity contribution in [1.29, 1.82) is 0 Å². The third-order valence-electron chi connectivity index (χ3n) is 4.24. The highest BCUT2D eigenvalue weighted by Crippen LogP contribution is 2.30. The highest BCUT2D eigenvalue weighted by atomic mass is 35.5. The Balaban J connectivity index is 1.89. The molecule has 0 N–H and O–H groups in total. The van der Waals surface area contributed by atoms with E-state index < -0.39 is 32.8 Å². The van der Waals surface area contributed by atoms with E-state index in [-0.39, 0.29) is 22.7 Å². The van der Waals surface area contributed by atoms with Crippen LogP contribution in [0.5, 0.6) is 0 Å². The molecule has 0 saturated carbocycles. The van der Waals surface area contributed by atoms with Gasteiger partial charge in [0.1, 0.15) is 16.8 Å². The highest BCUT2D eigenvalue weighted by molar-refractivity contribution is 7.91. The number of nitrogens with zero attached hydrogens (tertiary/aromatic N) is 2. The second-order valence-electron chi connectivity index (χ2n) is 6.09. The van der Waals surface area contributed by atoms with Crippen molar-refractivity contribution in [2.24, 2.45) is 0 Å². The molecule has 1 aromatic carbocycles. The Bertz CT molecular complexity index is 995. The number of aryl methyl sites for hydroxylation is 1. The molecule has 138 valence electrons. The molecule has 1 fully saturated rings. The third kappa shape index (κ3) is 3.57. The summed E-state index contributed by atoms with van der Waals surface area (Å²) in [4.78, 5) is 12.1. The topological polar surface area (TPSA) is 69.0 Å². The van der Waals surface area contributed by atoms with E-state index in [1.54, 1.807) is 6.92 Å². The van der Waals surface area contributed by atoms with Crippen molar-refractivity contribution in [3.63, 3.8) is 0 Å². The molecular weight excluding hydrogens is 386 g/mol. The number of carbonyl (C=O) groups excluding carboxylic acids is 1. The monoisotopic (exact) mass is 400 g/mol. The van der Waals surface area contributed by atoms with Crippen LogP contribution >= 0.6 is 11.6 Å². The van der Waals surface area contributed by atoms with E-state index in [0.29, 0.717) is 17.7 Å². The first-order chi connectivity index (χ1) is 12.2. The summed E-state index contributed by atoms with van der Waals surface area (Å²) in [5.41, 5.74) is 0.241. The summed E-state index contributed by atoms with van der Waals surface area (Å²) in [5, 5.41) is 4.44. The van der Waals surface area contributed by atoms with Gasteiger partial charge in [-0.3, -0.25) is 4.79 Å². The van der Waals surface area contributed by atoms with Crippen molar-refractivity contribution in [2.75, 3.05) is 11.5 Å². The molecular formula is C17H15ClF2N2O3S. The normalized spacial score (nSPS) is 19.3. The Labute approximate surface area is 154 Å². The lowest BCUT2D eigenvalue weighted by atomic mass is 10.1. The molecule has 3 rings (SSSR count). The van der Waals surface area contributed by atoms with E-state index in [2.05, 4.69) is 5.10 Å². The number of rotatable bonds is 4. The van der Waals surface area contributed by atoms with E-state index in [1.807, 2.05) is 0 Å². The van der Waals surface area contributed by atoms with E-state index in [4.69, 9.17) is 11.6 Å². The van der Waals surface area contributed by atoms with Crippen LogP contribution in [-0.4, -0.2) is 35.5 Å². The molecule has 5 nitrogen and oxygen atoms in total. The van der Waals surface area contributed by atoms with Gasteiger partial charge in [0.05, 0.1) is 28.8 Å². The minimum Gasteiger partial charge on any atom is -0.289 e. The first-order valence-corrected chi connectivity index (χ1v) is 10.0. The predicted molar refractivity (Wildman–Crippen MR) is 94.0 cm³/mol. The smallest absolute Gasteiger partial charge is 0.191 e. The van der Waals surface area contributed by atoms with Crippen LogP contribution in [0.15, 0.2) is 24.3 Å². The zero-order valence-corrected chi connectivity index (χ0v) is 15.3. The van der Waals surface area contributed by atoms with Crippen molar-refractivity contribution >= 4 is 33.3 Å². The molecule has 1 aliphatic heterocycles. The lowest BCUT2D eigenvalue weighted by molar-refractivity contribution is 0.104. The van der Waals surface area contributed by atoms with Crippen LogP contribution < -0.4 is 0 Å². The van der Waals surface area contributed by atoms with Crippen LogP contribution in [0.3, 0.4) is 0 Å². The molecule has 0 radical (unpaired) electrons. The Morgan fingerprint density at radius 1 is 1.35 bits per heavy atom. The summed E-state index contributed by atoms with van der Waals surface area (Å²) in [6.45, 7) is 1.65. The van der Waals surface area contributed by atoms with Crippen LogP contribution in [0.1, 0.15) is 34.1 Å². The maximum atomic E-state index is 13.7. The predicted octanol–water partition coefficient (Wildman–Crippen LogP) is 3.38. The van der Waals surface area contributed by atoms with Gasteiger partial charge in [0, 0.05) is 5.56 Å². The largest absolute Gasteiger partial charge is 0.289 e. The van der Waals surface area contributed by atoms with Crippen molar-refractivity contribution in [2.45, 2.75) is 19.4 Å². The van der Waals surface area contributed by atoms with E-state index in [1.165, 1.54) is 16.8 Å². The maximum absolute atomic E-state index is 13.7. The molecule has 1 aliphatic rings. The average Bonchev–Trinajstić information content (AvgIpc) is 3.04. The van der Waals surface area contributed by atoms with Crippen LogP contribution in [0.25, 0.3) is 6.08 Å². The minimum absolute atomic E-state index is 0.0453. The number of benzene rings is 1. The first-order valence-electron chi connectivity index (χ1n) is 7.81. The molecule has 1 atom stereocenters. The van der Waals surface area contributed by atoms with Gasteiger partial charge in [0.2, 0.25) is 0 Å². The number of allylic oxidation sites excluding steroid dienone is 1. The summed E-state index contributed by atoms with van der Waals surface area (Å²) in [6.07, 6.45) is 2.76. The fraction of sp³-hybridized carbons (Fsp3) is 0.294. The summed E-state index contributed by atoms with van der Waals surface area (Å²) in [5.74, 6) is -2.71. The Kier molecular flexibility index (Phi) is 4.98. The number of sulfone groups is 1. The van der Waals surface area contributed by atoms with Crippen molar-refractivity contribution in [1.82, 2.24) is 9.78 Å². The molecule has 0 aliphatic carbocycles. The first kappa shape index (κ1) is 18.7. The van der Waals surface area contributed by atoms with Gasteiger partial charge in [-0.05, 0) is 37.6 Å². The zero-order valence-electron chi connectivity index (χ0n) is 13.7. The Morgan fingerprint density at radius 2 is 2.00 bits per heavy atom. The zero-order chi connectivity index (χ0) is 19.1. The quantitative estimate of drug-likeness (QED) is 0.582. The van der Waals surface area contributed by atoms with Gasteiger partial charge in [-0.15, -0.1) is 0 Å². The van der Waals surface area contributed by atoms with Gasteiger partial charge in [0.15, 0.2) is 15.6 Å². The summed E-state index contributed by atoms with van der Waals surface area (Å²) in [6, 6.07) is 2.81. The third-order valence-corrected chi connectivity index (χ3v) is 6.36. The van der Waals surface area contributed by atoms with Crippen molar-refractivity contribution in [3.8, 4) is 0 Å². The van der Waals surface area contributed by atoms with Crippen LogP contribution in [0, 0.1) is 18.6 Å². The molecule has 26 heavy (non-hydrogen) atoms. The molecule has 2 heterocycles. The second kappa shape index (κ2) is 6.92. The Hall–Kier alpha value is -2.06. The molecule has 0 bridgehead atoms. The number of ketones is 1. The van der Waals surface area contributed by atoms with Crippen molar-refractivity contribution < 1.29 is 22.0 Å². The molecule has 0 amide bonds. The molecule has 1 aromatic heterocycles. The van der Waals surface area contributed by atoms with Gasteiger partial charge in [-0.25, -0.2) is 21.9 Å². The number of aromatic nitrogens is 2. The average molecular weight is 401 g/mol. The summed E-state index contributed by atoms with van der Waals surface area (Å²) >= 11 is 6.29. The lowest BCUT2D eigenvalue weighted by Gasteiger charge is -2.09. The standard InChI is InChI=1S/C17H15ClF2N2O3S/c1-10-12(5-6-15(23)16-13(19)3-2-4-14(16)20)17(18)22(21-10)11-7-8-26(24,25)9-11/h2-6,11H,7-9H2,1H3/b6-5+/t11-/m1/s1. The minimum atomic E-state index is -3.11. The van der Waals surface area contributed by atoms with Gasteiger partial charge < -0.3 is 0 Å². The van der Waals surface area contributed by atoms with Gasteiger partial charge in [-0.2, -0.15) is 5.10 Å². The van der Waals surface area contributed by atoms with Crippen LogP contribution in [0.2, 0.25) is 5.15 Å². The van der Waals surface area contributed by atoms with E-state index in [9.17, 15) is 22.0 Å². The molecule has 9 heteroatoms. The van der Waals surface area contributed by atoms with E-state index in [0.717, 1.165) is 18.2 Å². The number of hydrogen-bond donors (Lipinski definition) is 0. The molecule has 1 saturated heterocycles. The van der Waals surface area contributed by atoms with Crippen molar-refractivity contribution in [3.05, 3.63) is 57.9 Å². The van der Waals surface area contributed by atoms with Gasteiger partial charge in [-0.1, -0.05) is 17.7 Å². The number of carbonyl (C=O) groups is 1. The summed E-state index contributed by atoms with van der Waals surface area (Å²) < 4.78 is 52.0. The fourth-order valence-corrected chi connectivity index (χ4v) is 4.97. The second-order valence-corrected chi connectivity index (χ2v) is 8.67. The van der Waals surface area contributed by atoms with E-state index >= 15 is 0 Å². The lowest BCUT2D eigenvalue weighted by Crippen LogP contribution is -2.12. The fourth-order valence-electron chi connectivity index (χ4n) is 2.91. The molecule has 0 unspecified atom stereocenters. The maximum Gasteiger partial charge on any atom is 0.191 e. The van der Waals surface area contributed by atoms with Gasteiger partial charge in [0.25, 0.3) is 0 Å². The number of hydrogen-bond acceptors (Lipinski definition) is 4. The molecule has 2 aromatic rings.